The van der Waals surface area contributed by atoms with Crippen LogP contribution in [-0.2, 0) is 43.5 Å². The molecule has 2 atom stereocenters. The first-order valence-electron chi connectivity index (χ1n) is 11.1. The molecule has 0 aliphatic heterocycles. The predicted octanol–water partition coefficient (Wildman–Crippen LogP) is 6.90. The molecule has 0 aromatic rings. The third-order valence-electron chi connectivity index (χ3n) is 5.00. The second-order valence-electron chi connectivity index (χ2n) is 8.80. The molecule has 0 aromatic carbocycles. The summed E-state index contributed by atoms with van der Waals surface area (Å²) in [6, 6.07) is 0. The summed E-state index contributed by atoms with van der Waals surface area (Å²) in [7, 11) is -12.2. The number of hydrogen-bond donors (Lipinski definition) is 0. The van der Waals surface area contributed by atoms with E-state index in [-0.39, 0.29) is 0 Å². The van der Waals surface area contributed by atoms with E-state index in [9.17, 15) is 26.3 Å². The molecule has 2 aliphatic carbocycles. The summed E-state index contributed by atoms with van der Waals surface area (Å²) in [6.07, 6.45) is 22.8. The quantitative estimate of drug-likeness (QED) is 0.159. The van der Waals surface area contributed by atoms with Crippen LogP contribution < -0.4 is 0 Å². The third kappa shape index (κ3) is 13.7. The van der Waals surface area contributed by atoms with Gasteiger partial charge in [0.1, 0.15) is 0 Å². The standard InChI is InChI=1S/2C10H15.2CHF3O3S.Zr/c2*1-3-4-5-10-7-6-9(2)8-10;2*2-1(3,4)8(5,6)7;/h2*6-8H,3-5H2,1-2H3;2*(H,5,6,7);/q;;;;+2/p-2. The van der Waals surface area contributed by atoms with Crippen molar-refractivity contribution in [2.24, 2.45) is 0 Å². The van der Waals surface area contributed by atoms with Crippen molar-refractivity contribution in [2.45, 2.75) is 83.5 Å². The van der Waals surface area contributed by atoms with Crippen LogP contribution >= 0.6 is 0 Å². The van der Waals surface area contributed by atoms with E-state index in [1.165, 1.54) is 38.5 Å². The molecule has 0 amide bonds. The molecule has 0 spiro atoms. The average molecular weight is 660 g/mol. The van der Waals surface area contributed by atoms with Crippen LogP contribution in [0.3, 0.4) is 0 Å². The molecular formula is C22H30F6O6S2Zr. The topological polar surface area (TPSA) is 114 Å². The maximum absolute atomic E-state index is 10.7. The van der Waals surface area contributed by atoms with Gasteiger partial charge in [0, 0.05) is 0 Å². The Labute approximate surface area is 226 Å². The minimum absolute atomic E-state index is 0.405. The van der Waals surface area contributed by atoms with Crippen molar-refractivity contribution >= 4 is 20.2 Å². The summed E-state index contributed by atoms with van der Waals surface area (Å²) >= 11 is -0.592. The Bertz CT molecular complexity index is 1010. The monoisotopic (exact) mass is 658 g/mol. The van der Waals surface area contributed by atoms with Crippen molar-refractivity contribution in [3.8, 4) is 0 Å². The van der Waals surface area contributed by atoms with Crippen molar-refractivity contribution in [3.05, 3.63) is 47.6 Å². The van der Waals surface area contributed by atoms with Gasteiger partial charge in [-0.2, -0.15) is 26.3 Å². The first-order valence-corrected chi connectivity index (χ1v) is 16.4. The van der Waals surface area contributed by atoms with Crippen LogP contribution in [0.1, 0.15) is 66.2 Å². The number of allylic oxidation sites excluding steroid dienone is 8. The van der Waals surface area contributed by atoms with Gasteiger partial charge >= 0.3 is 154 Å². The zero-order chi connectivity index (χ0) is 29.3. The van der Waals surface area contributed by atoms with Gasteiger partial charge in [-0.3, -0.25) is 0 Å². The van der Waals surface area contributed by atoms with E-state index in [1.54, 1.807) is 11.1 Å². The van der Waals surface area contributed by atoms with Crippen LogP contribution in [-0.4, -0.2) is 37.0 Å². The maximum Gasteiger partial charge on any atom is 0.485 e. The molecule has 2 aliphatic rings. The molecule has 6 nitrogen and oxygen atoms in total. The van der Waals surface area contributed by atoms with E-state index in [2.05, 4.69) is 64.2 Å². The fourth-order valence-corrected chi connectivity index (χ4v) is 8.27. The van der Waals surface area contributed by atoms with Gasteiger partial charge in [-0.25, -0.2) is 16.8 Å². The van der Waals surface area contributed by atoms with Crippen molar-refractivity contribution in [1.29, 1.82) is 0 Å². The molecule has 2 unspecified atom stereocenters. The van der Waals surface area contributed by atoms with Crippen LogP contribution in [0, 0.1) is 0 Å². The fourth-order valence-electron chi connectivity index (χ4n) is 3.33. The smallest absolute Gasteiger partial charge is 0.485 e. The molecule has 15 heteroatoms. The molecule has 0 aromatic heterocycles. The van der Waals surface area contributed by atoms with Crippen LogP contribution in [0.4, 0.5) is 26.3 Å². The van der Waals surface area contributed by atoms with Crippen molar-refractivity contribution in [3.63, 3.8) is 0 Å². The van der Waals surface area contributed by atoms with E-state index in [1.807, 2.05) is 0 Å². The minimum Gasteiger partial charge on any atom is -0.741 e. The predicted molar refractivity (Wildman–Crippen MR) is 122 cm³/mol. The van der Waals surface area contributed by atoms with Crippen LogP contribution in [0.25, 0.3) is 0 Å². The van der Waals surface area contributed by atoms with Gasteiger partial charge in [-0.15, -0.1) is 0 Å². The molecule has 2 rings (SSSR count). The van der Waals surface area contributed by atoms with E-state index >= 15 is 0 Å². The molecular weight excluding hydrogens is 630 g/mol. The minimum atomic E-state index is -6.09. The summed E-state index contributed by atoms with van der Waals surface area (Å²) in [5.74, 6) is 0. The van der Waals surface area contributed by atoms with Gasteiger partial charge in [0.2, 0.25) is 0 Å². The molecule has 0 saturated carbocycles. The molecule has 0 saturated heterocycles. The second-order valence-corrected chi connectivity index (χ2v) is 17.5. The average Bonchev–Trinajstić information content (AvgIpc) is 3.24. The number of hydrogen-bond acceptors (Lipinski definition) is 6. The summed E-state index contributed by atoms with van der Waals surface area (Å²) in [4.78, 5) is 0. The Morgan fingerprint density at radius 3 is 1.22 bits per heavy atom. The maximum atomic E-state index is 10.7. The van der Waals surface area contributed by atoms with Crippen molar-refractivity contribution < 1.29 is 75.5 Å². The molecule has 212 valence electrons. The van der Waals surface area contributed by atoms with Crippen molar-refractivity contribution in [2.75, 3.05) is 0 Å². The number of halogens is 6. The largest absolute Gasteiger partial charge is 0.741 e. The molecule has 0 fully saturated rings. The van der Waals surface area contributed by atoms with E-state index in [0.29, 0.717) is 6.25 Å². The van der Waals surface area contributed by atoms with Gasteiger partial charge in [0.05, 0.1) is 0 Å². The molecule has 0 N–H and O–H groups in total. The van der Waals surface area contributed by atoms with Gasteiger partial charge in [-0.05, 0) is 0 Å². The van der Waals surface area contributed by atoms with Crippen LogP contribution in [0.5, 0.6) is 0 Å². The molecule has 37 heavy (non-hydrogen) atoms. The second kappa shape index (κ2) is 14.0. The zero-order valence-electron chi connectivity index (χ0n) is 20.7. The zero-order valence-corrected chi connectivity index (χ0v) is 24.8. The van der Waals surface area contributed by atoms with E-state index < -0.39 is 54.5 Å². The SMILES string of the molecule is CCCCC1=C[C](C)([Zr+2][C]2(C)C=CC(CCCC)=C2)C=C1.O=S(=O)([O-])C(F)(F)F.O=S(=O)([O-])C(F)(F)F. The molecule has 0 heterocycles. The Balaban J connectivity index is 0.000000669. The van der Waals surface area contributed by atoms with Crippen LogP contribution in [0.15, 0.2) is 47.6 Å². The van der Waals surface area contributed by atoms with Gasteiger partial charge in [0.25, 0.3) is 0 Å². The summed E-state index contributed by atoms with van der Waals surface area (Å²) < 4.78 is 119. The Hall–Kier alpha value is -0.757. The fraction of sp³-hybridized carbons (Fsp3) is 0.636. The van der Waals surface area contributed by atoms with E-state index in [4.69, 9.17) is 25.9 Å². The number of rotatable bonds is 8. The summed E-state index contributed by atoms with van der Waals surface area (Å²) in [6.45, 7) is 9.49. The molecule has 0 radical (unpaired) electrons. The Morgan fingerprint density at radius 1 is 0.730 bits per heavy atom. The number of alkyl halides is 6. The Kier molecular flexibility index (Phi) is 13.8. The van der Waals surface area contributed by atoms with Gasteiger partial charge in [0.15, 0.2) is 20.2 Å². The van der Waals surface area contributed by atoms with Crippen molar-refractivity contribution in [1.82, 2.24) is 0 Å². The van der Waals surface area contributed by atoms with Gasteiger partial charge < -0.3 is 9.11 Å². The molecule has 0 bridgehead atoms. The first-order chi connectivity index (χ1) is 16.5. The van der Waals surface area contributed by atoms with Crippen LogP contribution in [0.2, 0.25) is 6.25 Å². The third-order valence-corrected chi connectivity index (χ3v) is 10.3. The van der Waals surface area contributed by atoms with E-state index in [0.717, 1.165) is 0 Å². The number of unbranched alkanes of at least 4 members (excludes halogenated alkanes) is 2. The summed E-state index contributed by atoms with van der Waals surface area (Å²) in [5, 5.41) is 0. The normalized spacial score (nSPS) is 23.4. The first kappa shape index (κ1) is 36.2. The van der Waals surface area contributed by atoms with Gasteiger partial charge in [-0.1, -0.05) is 0 Å². The summed E-state index contributed by atoms with van der Waals surface area (Å²) in [5.41, 5.74) is -8.12. The Morgan fingerprint density at radius 2 is 1.00 bits per heavy atom.